The zero-order valence-corrected chi connectivity index (χ0v) is 15.9. The summed E-state index contributed by atoms with van der Waals surface area (Å²) < 4.78 is 23.4. The molecular weight excluding hydrogens is 352 g/mol. The van der Waals surface area contributed by atoms with E-state index < -0.39 is 9.84 Å². The van der Waals surface area contributed by atoms with Crippen LogP contribution in [0.4, 0.5) is 11.6 Å². The molecule has 2 heterocycles. The lowest BCUT2D eigenvalue weighted by Gasteiger charge is -2.23. The quantitative estimate of drug-likeness (QED) is 0.880. The Bertz CT molecular complexity index is 943. The third-order valence-electron chi connectivity index (χ3n) is 4.54. The second kappa shape index (κ2) is 7.03. The topological polar surface area (TPSA) is 92.3 Å². The maximum atomic E-state index is 12.6. The number of amides is 1. The van der Waals surface area contributed by atoms with Crippen molar-refractivity contribution in [1.82, 2.24) is 9.97 Å². The fourth-order valence-corrected chi connectivity index (χ4v) is 4.74. The predicted octanol–water partition coefficient (Wildman–Crippen LogP) is 1.97. The molecule has 1 saturated heterocycles. The summed E-state index contributed by atoms with van der Waals surface area (Å²) >= 11 is 0. The molecule has 2 aromatic rings. The van der Waals surface area contributed by atoms with Crippen molar-refractivity contribution >= 4 is 27.4 Å². The van der Waals surface area contributed by atoms with Gasteiger partial charge in [0.1, 0.15) is 5.69 Å². The molecule has 1 aromatic carbocycles. The lowest BCUT2D eigenvalue weighted by molar-refractivity contribution is 0.102. The van der Waals surface area contributed by atoms with Gasteiger partial charge in [0, 0.05) is 24.5 Å². The van der Waals surface area contributed by atoms with Gasteiger partial charge in [-0.05, 0) is 38.0 Å². The number of hydrogen-bond acceptors (Lipinski definition) is 6. The van der Waals surface area contributed by atoms with Crippen LogP contribution < -0.4 is 10.2 Å². The van der Waals surface area contributed by atoms with Gasteiger partial charge in [0.2, 0.25) is 5.95 Å². The number of carbonyl (C=O) groups is 1. The van der Waals surface area contributed by atoms with Crippen LogP contribution in [-0.4, -0.2) is 48.9 Å². The molecule has 1 N–H and O–H groups in total. The van der Waals surface area contributed by atoms with Gasteiger partial charge >= 0.3 is 0 Å². The average molecular weight is 374 g/mol. The van der Waals surface area contributed by atoms with Gasteiger partial charge < -0.3 is 10.2 Å². The van der Waals surface area contributed by atoms with Crippen molar-refractivity contribution in [2.75, 3.05) is 28.8 Å². The van der Waals surface area contributed by atoms with Gasteiger partial charge in [-0.25, -0.2) is 18.4 Å². The van der Waals surface area contributed by atoms with Crippen LogP contribution >= 0.6 is 0 Å². The molecule has 0 aliphatic carbocycles. The molecule has 8 heteroatoms. The Hall–Kier alpha value is -2.48. The monoisotopic (exact) mass is 374 g/mol. The van der Waals surface area contributed by atoms with Gasteiger partial charge in [-0.3, -0.25) is 4.79 Å². The van der Waals surface area contributed by atoms with Crippen LogP contribution in [0.25, 0.3) is 0 Å². The summed E-state index contributed by atoms with van der Waals surface area (Å²) in [6.45, 7) is 3.70. The first-order chi connectivity index (χ1) is 12.2. The molecule has 1 aliphatic rings. The van der Waals surface area contributed by atoms with E-state index in [0.717, 1.165) is 11.3 Å². The number of aryl methyl sites for hydroxylation is 2. The van der Waals surface area contributed by atoms with Crippen molar-refractivity contribution < 1.29 is 13.2 Å². The van der Waals surface area contributed by atoms with E-state index in [1.807, 2.05) is 31.2 Å². The number of aromatic nitrogens is 2. The highest BCUT2D eigenvalue weighted by atomic mass is 32.2. The van der Waals surface area contributed by atoms with E-state index in [9.17, 15) is 13.2 Å². The van der Waals surface area contributed by atoms with E-state index in [4.69, 9.17) is 0 Å². The molecular formula is C18H22N4O3S. The van der Waals surface area contributed by atoms with Gasteiger partial charge in [0.15, 0.2) is 9.84 Å². The molecule has 26 heavy (non-hydrogen) atoms. The number of rotatable bonds is 4. The molecule has 1 aromatic heterocycles. The summed E-state index contributed by atoms with van der Waals surface area (Å²) in [5.74, 6) is 0.306. The van der Waals surface area contributed by atoms with E-state index in [1.165, 1.54) is 0 Å². The Kier molecular flexibility index (Phi) is 4.95. The summed E-state index contributed by atoms with van der Waals surface area (Å²) in [5.41, 5.74) is 2.59. The summed E-state index contributed by atoms with van der Waals surface area (Å²) in [5, 5.41) is 2.86. The first-order valence-electron chi connectivity index (χ1n) is 8.41. The third-order valence-corrected chi connectivity index (χ3v) is 6.29. The fraction of sp³-hybridized carbons (Fsp3) is 0.389. The van der Waals surface area contributed by atoms with Gasteiger partial charge in [0.05, 0.1) is 11.5 Å². The van der Waals surface area contributed by atoms with E-state index in [-0.39, 0.29) is 29.1 Å². The number of benzene rings is 1. The highest BCUT2D eigenvalue weighted by Crippen LogP contribution is 2.21. The second-order valence-electron chi connectivity index (χ2n) is 6.63. The summed E-state index contributed by atoms with van der Waals surface area (Å²) in [6.07, 6.45) is 0.543. The third kappa shape index (κ3) is 4.01. The molecule has 0 saturated carbocycles. The molecule has 7 nitrogen and oxygen atoms in total. The number of para-hydroxylation sites is 1. The molecule has 1 unspecified atom stereocenters. The van der Waals surface area contributed by atoms with Crippen molar-refractivity contribution in [3.63, 3.8) is 0 Å². The van der Waals surface area contributed by atoms with Crippen molar-refractivity contribution in [2.24, 2.45) is 0 Å². The van der Waals surface area contributed by atoms with Crippen molar-refractivity contribution in [1.29, 1.82) is 0 Å². The molecule has 1 fully saturated rings. The first kappa shape index (κ1) is 18.3. The minimum absolute atomic E-state index is 0.0888. The van der Waals surface area contributed by atoms with Crippen molar-refractivity contribution in [2.45, 2.75) is 26.3 Å². The number of carbonyl (C=O) groups excluding carboxylic acids is 1. The molecule has 0 radical (unpaired) electrons. The summed E-state index contributed by atoms with van der Waals surface area (Å²) in [7, 11) is -1.24. The number of nitrogens with zero attached hydrogens (tertiary/aromatic N) is 3. The van der Waals surface area contributed by atoms with Crippen molar-refractivity contribution in [3.8, 4) is 0 Å². The zero-order chi connectivity index (χ0) is 18.9. The minimum Gasteiger partial charge on any atom is -0.340 e. The Labute approximate surface area is 153 Å². The molecule has 1 amide bonds. The van der Waals surface area contributed by atoms with E-state index >= 15 is 0 Å². The average Bonchev–Trinajstić information content (AvgIpc) is 2.95. The van der Waals surface area contributed by atoms with Crippen molar-refractivity contribution in [3.05, 3.63) is 47.3 Å². The van der Waals surface area contributed by atoms with Crippen LogP contribution in [0.1, 0.15) is 28.2 Å². The number of anilines is 2. The minimum atomic E-state index is -3.01. The maximum absolute atomic E-state index is 12.6. The lowest BCUT2D eigenvalue weighted by atomic mass is 10.2. The number of nitrogens with one attached hydrogen (secondary N) is 1. The van der Waals surface area contributed by atoms with Gasteiger partial charge in [-0.2, -0.15) is 0 Å². The van der Waals surface area contributed by atoms with Gasteiger partial charge in [-0.15, -0.1) is 0 Å². The molecule has 0 bridgehead atoms. The SMILES string of the molecule is Cc1cc(C(=O)Nc2ccccc2C)nc(N(C)C2CCS(=O)(=O)C2)n1. The highest BCUT2D eigenvalue weighted by molar-refractivity contribution is 7.91. The van der Waals surface area contributed by atoms with Crippen LogP contribution in [0.2, 0.25) is 0 Å². The van der Waals surface area contributed by atoms with E-state index in [0.29, 0.717) is 18.1 Å². The Morgan fingerprint density at radius 2 is 1.96 bits per heavy atom. The van der Waals surface area contributed by atoms with Crippen LogP contribution in [-0.2, 0) is 9.84 Å². The Morgan fingerprint density at radius 3 is 2.62 bits per heavy atom. The standard InChI is InChI=1S/C18H22N4O3S/c1-12-6-4-5-7-15(12)20-17(23)16-10-13(2)19-18(21-16)22(3)14-8-9-26(24,25)11-14/h4-7,10,14H,8-9,11H2,1-3H3,(H,20,23). The molecule has 1 aliphatic heterocycles. The number of hydrogen-bond donors (Lipinski definition) is 1. The Morgan fingerprint density at radius 1 is 1.23 bits per heavy atom. The first-order valence-corrected chi connectivity index (χ1v) is 10.2. The lowest BCUT2D eigenvalue weighted by Crippen LogP contribution is -2.34. The Balaban J connectivity index is 1.83. The molecule has 0 spiro atoms. The van der Waals surface area contributed by atoms with Crippen LogP contribution in [0, 0.1) is 13.8 Å². The van der Waals surface area contributed by atoms with Gasteiger partial charge in [0.25, 0.3) is 5.91 Å². The van der Waals surface area contributed by atoms with E-state index in [1.54, 1.807) is 24.9 Å². The molecule has 1 atom stereocenters. The fourth-order valence-electron chi connectivity index (χ4n) is 2.97. The molecule has 138 valence electrons. The van der Waals surface area contributed by atoms with Crippen LogP contribution in [0.5, 0.6) is 0 Å². The zero-order valence-electron chi connectivity index (χ0n) is 15.1. The smallest absolute Gasteiger partial charge is 0.274 e. The van der Waals surface area contributed by atoms with E-state index in [2.05, 4.69) is 15.3 Å². The second-order valence-corrected chi connectivity index (χ2v) is 8.86. The highest BCUT2D eigenvalue weighted by Gasteiger charge is 2.32. The summed E-state index contributed by atoms with van der Waals surface area (Å²) in [4.78, 5) is 23.1. The maximum Gasteiger partial charge on any atom is 0.274 e. The largest absolute Gasteiger partial charge is 0.340 e. The van der Waals surface area contributed by atoms with Crippen LogP contribution in [0.3, 0.4) is 0 Å². The predicted molar refractivity (Wildman–Crippen MR) is 101 cm³/mol. The van der Waals surface area contributed by atoms with Gasteiger partial charge in [-0.1, -0.05) is 18.2 Å². The number of sulfone groups is 1. The summed E-state index contributed by atoms with van der Waals surface area (Å²) in [6, 6.07) is 8.96. The normalized spacial score (nSPS) is 18.5. The van der Waals surface area contributed by atoms with Crippen LogP contribution in [0.15, 0.2) is 30.3 Å². The molecule has 3 rings (SSSR count).